The topological polar surface area (TPSA) is 30.7 Å². The second-order valence-corrected chi connectivity index (χ2v) is 2.92. The molecule has 1 aromatic rings. The van der Waals surface area contributed by atoms with E-state index in [-0.39, 0.29) is 0 Å². The number of hydrogen-bond donors (Lipinski definition) is 0. The van der Waals surface area contributed by atoms with Crippen LogP contribution in [0.3, 0.4) is 0 Å². The molecule has 0 aliphatic heterocycles. The first-order valence-electron chi connectivity index (χ1n) is 3.31. The second kappa shape index (κ2) is 3.05. The average Bonchev–Trinajstić information content (AvgIpc) is 2.09. The summed E-state index contributed by atoms with van der Waals surface area (Å²) in [5, 5.41) is 4.68. The van der Waals surface area contributed by atoms with Crippen molar-refractivity contribution in [3.05, 3.63) is 23.3 Å². The molecular weight excluding hydrogens is 162 g/mol. The van der Waals surface area contributed by atoms with E-state index in [4.69, 9.17) is 11.6 Å². The highest BCUT2D eigenvalue weighted by molar-refractivity contribution is 6.29. The van der Waals surface area contributed by atoms with Crippen LogP contribution in [0.1, 0.15) is 11.6 Å². The number of aromatic nitrogens is 3. The van der Waals surface area contributed by atoms with Crippen LogP contribution in [0.25, 0.3) is 0 Å². The first-order valence-corrected chi connectivity index (χ1v) is 3.68. The van der Waals surface area contributed by atoms with E-state index in [0.717, 1.165) is 11.6 Å². The van der Waals surface area contributed by atoms with Gasteiger partial charge in [0, 0.05) is 5.03 Å². The van der Waals surface area contributed by atoms with Crippen molar-refractivity contribution in [2.24, 2.45) is 0 Å². The number of nitrogens with zero attached hydrogens (tertiary/aromatic N) is 3. The van der Waals surface area contributed by atoms with E-state index in [1.165, 1.54) is 0 Å². The van der Waals surface area contributed by atoms with Crippen molar-refractivity contribution in [2.75, 3.05) is 0 Å². The van der Waals surface area contributed by atoms with Gasteiger partial charge in [-0.05, 0) is 13.8 Å². The van der Waals surface area contributed by atoms with Gasteiger partial charge in [-0.25, -0.2) is 9.67 Å². The molecular formula is C7H10ClN3. The van der Waals surface area contributed by atoms with Gasteiger partial charge >= 0.3 is 0 Å². The molecule has 0 spiro atoms. The van der Waals surface area contributed by atoms with Crippen LogP contribution in [0.5, 0.6) is 0 Å². The van der Waals surface area contributed by atoms with Crippen molar-refractivity contribution in [3.63, 3.8) is 0 Å². The summed E-state index contributed by atoms with van der Waals surface area (Å²) in [4.78, 5) is 4.12. The van der Waals surface area contributed by atoms with E-state index < -0.39 is 0 Å². The summed E-state index contributed by atoms with van der Waals surface area (Å²) in [5.74, 6) is 1.63. The molecule has 0 saturated carbocycles. The molecule has 11 heavy (non-hydrogen) atoms. The minimum Gasteiger partial charge on any atom is -0.245 e. The van der Waals surface area contributed by atoms with Crippen LogP contribution in [-0.4, -0.2) is 14.8 Å². The first-order chi connectivity index (χ1) is 5.09. The van der Waals surface area contributed by atoms with E-state index in [9.17, 15) is 0 Å². The molecule has 0 saturated heterocycles. The zero-order valence-corrected chi connectivity index (χ0v) is 7.39. The maximum absolute atomic E-state index is 5.61. The minimum absolute atomic E-state index is 0.536. The summed E-state index contributed by atoms with van der Waals surface area (Å²) >= 11 is 5.61. The SMILES string of the molecule is C=C(Cl)Cn1nc(C)nc1C. The largest absolute Gasteiger partial charge is 0.245 e. The Morgan fingerprint density at radius 2 is 2.27 bits per heavy atom. The highest BCUT2D eigenvalue weighted by Gasteiger charge is 2.01. The van der Waals surface area contributed by atoms with Crippen LogP contribution in [0, 0.1) is 13.8 Å². The molecule has 0 fully saturated rings. The number of halogens is 1. The van der Waals surface area contributed by atoms with Crippen LogP contribution >= 0.6 is 11.6 Å². The van der Waals surface area contributed by atoms with Gasteiger partial charge in [-0.3, -0.25) is 0 Å². The van der Waals surface area contributed by atoms with Crippen LogP contribution in [0.2, 0.25) is 0 Å². The monoisotopic (exact) mass is 171 g/mol. The third-order valence-electron chi connectivity index (χ3n) is 1.28. The summed E-state index contributed by atoms with van der Waals surface area (Å²) in [6.07, 6.45) is 0. The Morgan fingerprint density at radius 1 is 1.64 bits per heavy atom. The molecule has 3 nitrogen and oxygen atoms in total. The molecule has 0 aliphatic carbocycles. The molecule has 1 aromatic heterocycles. The van der Waals surface area contributed by atoms with E-state index >= 15 is 0 Å². The van der Waals surface area contributed by atoms with E-state index in [1.54, 1.807) is 4.68 Å². The predicted octanol–water partition coefficient (Wildman–Crippen LogP) is 1.65. The van der Waals surface area contributed by atoms with Gasteiger partial charge in [0.2, 0.25) is 0 Å². The number of aryl methyl sites for hydroxylation is 2. The van der Waals surface area contributed by atoms with Gasteiger partial charge in [-0.2, -0.15) is 5.10 Å². The fourth-order valence-electron chi connectivity index (χ4n) is 0.874. The lowest BCUT2D eigenvalue weighted by Gasteiger charge is -1.98. The molecule has 0 unspecified atom stereocenters. The van der Waals surface area contributed by atoms with Gasteiger partial charge in [-0.1, -0.05) is 18.2 Å². The van der Waals surface area contributed by atoms with Gasteiger partial charge < -0.3 is 0 Å². The summed E-state index contributed by atoms with van der Waals surface area (Å²) in [7, 11) is 0. The van der Waals surface area contributed by atoms with Gasteiger partial charge in [0.05, 0.1) is 6.54 Å². The predicted molar refractivity (Wildman–Crippen MR) is 44.5 cm³/mol. The zero-order chi connectivity index (χ0) is 8.43. The van der Waals surface area contributed by atoms with Crippen molar-refractivity contribution >= 4 is 11.6 Å². The van der Waals surface area contributed by atoms with Gasteiger partial charge in [0.1, 0.15) is 11.6 Å². The molecule has 0 aromatic carbocycles. The summed E-state index contributed by atoms with van der Waals surface area (Å²) < 4.78 is 1.73. The van der Waals surface area contributed by atoms with Crippen LogP contribution in [0.15, 0.2) is 11.6 Å². The minimum atomic E-state index is 0.536. The Balaban J connectivity index is 2.85. The molecule has 60 valence electrons. The summed E-state index contributed by atoms with van der Waals surface area (Å²) in [6, 6.07) is 0. The van der Waals surface area contributed by atoms with Gasteiger partial charge in [0.15, 0.2) is 0 Å². The molecule has 1 rings (SSSR count). The van der Waals surface area contributed by atoms with E-state index in [2.05, 4.69) is 16.7 Å². The Labute approximate surface area is 70.7 Å². The smallest absolute Gasteiger partial charge is 0.147 e. The van der Waals surface area contributed by atoms with Crippen molar-refractivity contribution < 1.29 is 0 Å². The quantitative estimate of drug-likeness (QED) is 0.678. The third kappa shape index (κ3) is 2.05. The maximum atomic E-state index is 5.61. The fourth-order valence-corrected chi connectivity index (χ4v) is 0.987. The number of hydrogen-bond acceptors (Lipinski definition) is 2. The van der Waals surface area contributed by atoms with Gasteiger partial charge in [0.25, 0.3) is 0 Å². The third-order valence-corrected chi connectivity index (χ3v) is 1.40. The molecule has 0 aliphatic rings. The van der Waals surface area contributed by atoms with Crippen LogP contribution < -0.4 is 0 Å². The Morgan fingerprint density at radius 3 is 2.64 bits per heavy atom. The Kier molecular flexibility index (Phi) is 2.29. The molecule has 4 heteroatoms. The summed E-state index contributed by atoms with van der Waals surface area (Å²) in [5.41, 5.74) is 0. The first kappa shape index (κ1) is 8.27. The highest BCUT2D eigenvalue weighted by Crippen LogP contribution is 2.03. The molecule has 0 bridgehead atoms. The number of rotatable bonds is 2. The van der Waals surface area contributed by atoms with Gasteiger partial charge in [-0.15, -0.1) is 0 Å². The van der Waals surface area contributed by atoms with Crippen LogP contribution in [-0.2, 0) is 6.54 Å². The van der Waals surface area contributed by atoms with E-state index in [1.807, 2.05) is 13.8 Å². The lowest BCUT2D eigenvalue weighted by molar-refractivity contribution is 0.664. The zero-order valence-electron chi connectivity index (χ0n) is 6.63. The Hall–Kier alpha value is -0.830. The molecule has 1 heterocycles. The lowest BCUT2D eigenvalue weighted by atomic mass is 10.6. The van der Waals surface area contributed by atoms with Crippen molar-refractivity contribution in [1.82, 2.24) is 14.8 Å². The lowest BCUT2D eigenvalue weighted by Crippen LogP contribution is -2.02. The second-order valence-electron chi connectivity index (χ2n) is 2.38. The highest BCUT2D eigenvalue weighted by atomic mass is 35.5. The molecule has 0 radical (unpaired) electrons. The molecule has 0 atom stereocenters. The molecule has 0 amide bonds. The number of allylic oxidation sites excluding steroid dienone is 1. The summed E-state index contributed by atoms with van der Waals surface area (Å²) in [6.45, 7) is 7.85. The van der Waals surface area contributed by atoms with Crippen LogP contribution in [0.4, 0.5) is 0 Å². The standard InChI is InChI=1S/C7H10ClN3/c1-5(8)4-11-7(3)9-6(2)10-11/h1,4H2,2-3H3. The molecule has 0 N–H and O–H groups in total. The maximum Gasteiger partial charge on any atom is 0.147 e. The average molecular weight is 172 g/mol. The van der Waals surface area contributed by atoms with E-state index in [0.29, 0.717) is 11.6 Å². The van der Waals surface area contributed by atoms with Crippen molar-refractivity contribution in [1.29, 1.82) is 0 Å². The normalized spacial score (nSPS) is 10.1. The van der Waals surface area contributed by atoms with Crippen molar-refractivity contribution in [2.45, 2.75) is 20.4 Å². The fraction of sp³-hybridized carbons (Fsp3) is 0.429. The van der Waals surface area contributed by atoms with Crippen molar-refractivity contribution in [3.8, 4) is 0 Å². The Bertz CT molecular complexity index is 277.